The molecule has 2 rings (SSSR count). The van der Waals surface area contributed by atoms with E-state index in [0.29, 0.717) is 5.16 Å². The van der Waals surface area contributed by atoms with Crippen LogP contribution in [0.25, 0.3) is 0 Å². The van der Waals surface area contributed by atoms with Crippen LogP contribution in [-0.2, 0) is 0 Å². The maximum Gasteiger partial charge on any atom is 0.211 e. The molecule has 1 N–H and O–H groups in total. The number of H-pyrrole nitrogens is 1. The SMILES string of the molecule is [NaH].c1ccc(Sc2nnn[nH]2)cc1. The van der Waals surface area contributed by atoms with Crippen molar-refractivity contribution in [3.05, 3.63) is 30.3 Å². The molecule has 0 fully saturated rings. The molecular weight excluding hydrogens is 195 g/mol. The number of aromatic amines is 1. The van der Waals surface area contributed by atoms with Crippen molar-refractivity contribution < 1.29 is 0 Å². The predicted octanol–water partition coefficient (Wildman–Crippen LogP) is 0.702. The maximum absolute atomic E-state index is 3.76. The van der Waals surface area contributed by atoms with Crippen molar-refractivity contribution in [1.29, 1.82) is 0 Å². The van der Waals surface area contributed by atoms with E-state index in [4.69, 9.17) is 0 Å². The van der Waals surface area contributed by atoms with Crippen LogP contribution in [0.4, 0.5) is 0 Å². The fraction of sp³-hybridized carbons (Fsp3) is 0. The minimum absolute atomic E-state index is 0. The fourth-order valence-corrected chi connectivity index (χ4v) is 1.47. The maximum atomic E-state index is 3.76. The van der Waals surface area contributed by atoms with E-state index >= 15 is 0 Å². The van der Waals surface area contributed by atoms with Crippen LogP contribution in [0.3, 0.4) is 0 Å². The standard InChI is InChI=1S/C7H6N4S.Na.H/c1-2-4-6(5-3-1)12-7-8-10-11-9-7;;/h1-5H,(H,8,9,10,11);;. The number of hydrogen-bond donors (Lipinski definition) is 1. The number of aromatic nitrogens is 4. The first kappa shape index (κ1) is 10.7. The van der Waals surface area contributed by atoms with E-state index in [0.717, 1.165) is 4.90 Å². The van der Waals surface area contributed by atoms with Gasteiger partial charge in [0.15, 0.2) is 0 Å². The molecule has 1 aromatic heterocycles. The topological polar surface area (TPSA) is 54.5 Å². The third-order valence-corrected chi connectivity index (χ3v) is 2.16. The Balaban J connectivity index is 0.000000845. The van der Waals surface area contributed by atoms with E-state index in [2.05, 4.69) is 20.6 Å². The Labute approximate surface area is 102 Å². The number of rotatable bonds is 2. The molecule has 0 atom stereocenters. The third-order valence-electron chi connectivity index (χ3n) is 1.28. The first-order chi connectivity index (χ1) is 5.95. The quantitative estimate of drug-likeness (QED) is 0.728. The summed E-state index contributed by atoms with van der Waals surface area (Å²) in [6.45, 7) is 0. The predicted molar refractivity (Wildman–Crippen MR) is 51.9 cm³/mol. The van der Waals surface area contributed by atoms with E-state index in [1.165, 1.54) is 11.8 Å². The fourth-order valence-electron chi connectivity index (χ4n) is 0.794. The number of benzene rings is 1. The molecule has 0 saturated heterocycles. The van der Waals surface area contributed by atoms with Crippen LogP contribution in [0.5, 0.6) is 0 Å². The van der Waals surface area contributed by atoms with Crippen LogP contribution >= 0.6 is 11.8 Å². The number of hydrogen-bond acceptors (Lipinski definition) is 4. The second kappa shape index (κ2) is 5.39. The van der Waals surface area contributed by atoms with E-state index in [1.54, 1.807) is 0 Å². The smallest absolute Gasteiger partial charge is 0.211 e. The van der Waals surface area contributed by atoms with Gasteiger partial charge in [-0.15, -0.1) is 5.10 Å². The molecule has 0 aliphatic heterocycles. The molecule has 4 nitrogen and oxygen atoms in total. The van der Waals surface area contributed by atoms with E-state index in [-0.39, 0.29) is 29.6 Å². The zero-order chi connectivity index (χ0) is 8.23. The summed E-state index contributed by atoms with van der Waals surface area (Å²) >= 11 is 1.50. The van der Waals surface area contributed by atoms with Gasteiger partial charge in [0.25, 0.3) is 0 Å². The molecular formula is C7H7N4NaS. The molecule has 0 bridgehead atoms. The van der Waals surface area contributed by atoms with Crippen LogP contribution in [0.15, 0.2) is 40.4 Å². The minimum atomic E-state index is 0. The van der Waals surface area contributed by atoms with Gasteiger partial charge in [-0.3, -0.25) is 0 Å². The summed E-state index contributed by atoms with van der Waals surface area (Å²) in [4.78, 5) is 1.12. The molecule has 1 heterocycles. The van der Waals surface area contributed by atoms with Crippen molar-refractivity contribution in [3.63, 3.8) is 0 Å². The van der Waals surface area contributed by atoms with E-state index < -0.39 is 0 Å². The zero-order valence-corrected chi connectivity index (χ0v) is 6.95. The van der Waals surface area contributed by atoms with Crippen LogP contribution in [0.2, 0.25) is 0 Å². The van der Waals surface area contributed by atoms with Gasteiger partial charge in [-0.1, -0.05) is 18.2 Å². The summed E-state index contributed by atoms with van der Waals surface area (Å²) in [5.41, 5.74) is 0. The number of nitrogens with one attached hydrogen (secondary N) is 1. The molecule has 0 saturated carbocycles. The van der Waals surface area contributed by atoms with Gasteiger partial charge in [0.2, 0.25) is 5.16 Å². The molecule has 0 unspecified atom stereocenters. The van der Waals surface area contributed by atoms with Crippen LogP contribution in [0, 0.1) is 0 Å². The molecule has 0 radical (unpaired) electrons. The van der Waals surface area contributed by atoms with Crippen molar-refractivity contribution in [1.82, 2.24) is 20.6 Å². The summed E-state index contributed by atoms with van der Waals surface area (Å²) in [5, 5.41) is 14.1. The third kappa shape index (κ3) is 3.11. The Morgan fingerprint density at radius 1 is 1.15 bits per heavy atom. The van der Waals surface area contributed by atoms with Crippen LogP contribution in [0.1, 0.15) is 0 Å². The monoisotopic (exact) mass is 202 g/mol. The normalized spacial score (nSPS) is 9.23. The van der Waals surface area contributed by atoms with Crippen LogP contribution in [-0.4, -0.2) is 50.2 Å². The molecule has 2 aromatic rings. The first-order valence-corrected chi connectivity index (χ1v) is 4.23. The molecule has 0 aliphatic carbocycles. The van der Waals surface area contributed by atoms with Gasteiger partial charge in [-0.25, -0.2) is 5.10 Å². The average molecular weight is 202 g/mol. The Hall–Kier alpha value is -0.360. The summed E-state index contributed by atoms with van der Waals surface area (Å²) in [6, 6.07) is 9.95. The van der Waals surface area contributed by atoms with Crippen molar-refractivity contribution in [2.24, 2.45) is 0 Å². The summed E-state index contributed by atoms with van der Waals surface area (Å²) < 4.78 is 0. The van der Waals surface area contributed by atoms with Crippen LogP contribution < -0.4 is 0 Å². The van der Waals surface area contributed by atoms with Crippen molar-refractivity contribution in [3.8, 4) is 0 Å². The Morgan fingerprint density at radius 3 is 2.54 bits per heavy atom. The number of nitrogens with zero attached hydrogens (tertiary/aromatic N) is 3. The largest absolute Gasteiger partial charge is 0.234 e. The summed E-state index contributed by atoms with van der Waals surface area (Å²) in [6.07, 6.45) is 0. The van der Waals surface area contributed by atoms with Gasteiger partial charge in [0.05, 0.1) is 0 Å². The zero-order valence-electron chi connectivity index (χ0n) is 6.14. The van der Waals surface area contributed by atoms with Gasteiger partial charge < -0.3 is 0 Å². The van der Waals surface area contributed by atoms with Gasteiger partial charge in [0, 0.05) is 4.90 Å². The molecule has 13 heavy (non-hydrogen) atoms. The molecule has 0 amide bonds. The molecule has 0 aliphatic rings. The second-order valence-electron chi connectivity index (χ2n) is 2.12. The Kier molecular flexibility index (Phi) is 4.44. The summed E-state index contributed by atoms with van der Waals surface area (Å²) in [7, 11) is 0. The minimum Gasteiger partial charge on any atom is -0.234 e. The molecule has 62 valence electrons. The Bertz CT molecular complexity index is 337. The van der Waals surface area contributed by atoms with Gasteiger partial charge in [-0.2, -0.15) is 0 Å². The van der Waals surface area contributed by atoms with Crippen molar-refractivity contribution in [2.75, 3.05) is 0 Å². The Morgan fingerprint density at radius 2 is 1.92 bits per heavy atom. The second-order valence-corrected chi connectivity index (χ2v) is 3.18. The molecule has 6 heteroatoms. The molecule has 0 spiro atoms. The summed E-state index contributed by atoms with van der Waals surface area (Å²) in [5.74, 6) is 0. The number of tetrazole rings is 1. The van der Waals surface area contributed by atoms with Gasteiger partial charge in [-0.05, 0) is 34.3 Å². The van der Waals surface area contributed by atoms with E-state index in [9.17, 15) is 0 Å². The van der Waals surface area contributed by atoms with Crippen molar-refractivity contribution in [2.45, 2.75) is 10.1 Å². The van der Waals surface area contributed by atoms with Gasteiger partial charge >= 0.3 is 29.6 Å². The average Bonchev–Trinajstić information content (AvgIpc) is 2.59. The molecule has 1 aromatic carbocycles. The van der Waals surface area contributed by atoms with Gasteiger partial charge in [0.1, 0.15) is 0 Å². The van der Waals surface area contributed by atoms with Crippen molar-refractivity contribution >= 4 is 41.3 Å². The van der Waals surface area contributed by atoms with E-state index in [1.807, 2.05) is 30.3 Å². The first-order valence-electron chi connectivity index (χ1n) is 3.42.